The van der Waals surface area contributed by atoms with Crippen LogP contribution in [0.4, 0.5) is 8.78 Å². The van der Waals surface area contributed by atoms with Gasteiger partial charge in [0.25, 0.3) is 5.92 Å². The van der Waals surface area contributed by atoms with Crippen molar-refractivity contribution in [2.24, 2.45) is 5.41 Å². The standard InChI is InChI=1S/C11H17F2NO2/c1-10(9(15)16)5-7-14-6-3-2-4-8(14)11(10,12)13/h8H,2-7H2,1H3,(H,15,16). The molecule has 0 aromatic heterocycles. The van der Waals surface area contributed by atoms with Crippen LogP contribution in [0.25, 0.3) is 0 Å². The molecule has 0 saturated carbocycles. The highest BCUT2D eigenvalue weighted by Gasteiger charge is 2.63. The fraction of sp³-hybridized carbons (Fsp3) is 0.909. The van der Waals surface area contributed by atoms with Crippen LogP contribution in [0.3, 0.4) is 0 Å². The van der Waals surface area contributed by atoms with Crippen molar-refractivity contribution in [3.63, 3.8) is 0 Å². The summed E-state index contributed by atoms with van der Waals surface area (Å²) >= 11 is 0. The highest BCUT2D eigenvalue weighted by Crippen LogP contribution is 2.49. The summed E-state index contributed by atoms with van der Waals surface area (Å²) in [6.07, 6.45) is 2.16. The quantitative estimate of drug-likeness (QED) is 0.752. The molecule has 2 heterocycles. The molecular formula is C11H17F2NO2. The Morgan fingerprint density at radius 1 is 1.38 bits per heavy atom. The molecule has 2 rings (SSSR count). The number of carboxylic acids is 1. The third kappa shape index (κ3) is 1.44. The Labute approximate surface area is 93.4 Å². The van der Waals surface area contributed by atoms with Gasteiger partial charge in [-0.15, -0.1) is 0 Å². The molecule has 0 aromatic carbocycles. The summed E-state index contributed by atoms with van der Waals surface area (Å²) in [5.74, 6) is -4.50. The molecule has 0 radical (unpaired) electrons. The second-order valence-electron chi connectivity index (χ2n) is 5.06. The van der Waals surface area contributed by atoms with Gasteiger partial charge < -0.3 is 5.11 Å². The zero-order valence-electron chi connectivity index (χ0n) is 9.38. The number of fused-ring (bicyclic) bond motifs is 1. The van der Waals surface area contributed by atoms with Crippen molar-refractivity contribution in [1.29, 1.82) is 0 Å². The smallest absolute Gasteiger partial charge is 0.315 e. The van der Waals surface area contributed by atoms with Gasteiger partial charge in [-0.05, 0) is 39.3 Å². The number of piperidine rings is 2. The van der Waals surface area contributed by atoms with Crippen molar-refractivity contribution >= 4 is 5.97 Å². The molecule has 0 amide bonds. The first-order valence-electron chi connectivity index (χ1n) is 5.75. The van der Waals surface area contributed by atoms with Crippen molar-refractivity contribution in [3.05, 3.63) is 0 Å². The molecule has 0 aromatic rings. The molecule has 0 spiro atoms. The third-order valence-electron chi connectivity index (χ3n) is 4.14. The van der Waals surface area contributed by atoms with Crippen LogP contribution in [0, 0.1) is 5.41 Å². The van der Waals surface area contributed by atoms with Crippen LogP contribution in [0.5, 0.6) is 0 Å². The van der Waals surface area contributed by atoms with Crippen LogP contribution in [-0.4, -0.2) is 41.0 Å². The number of alkyl halides is 2. The predicted octanol–water partition coefficient (Wildman–Crippen LogP) is 1.97. The van der Waals surface area contributed by atoms with Crippen LogP contribution in [0.1, 0.15) is 32.6 Å². The minimum atomic E-state index is -3.13. The van der Waals surface area contributed by atoms with E-state index >= 15 is 0 Å². The molecule has 2 aliphatic heterocycles. The Kier molecular flexibility index (Phi) is 2.69. The van der Waals surface area contributed by atoms with E-state index in [0.29, 0.717) is 19.5 Å². The summed E-state index contributed by atoms with van der Waals surface area (Å²) in [5, 5.41) is 9.02. The average Bonchev–Trinajstić information content (AvgIpc) is 2.24. The number of carbonyl (C=O) groups is 1. The summed E-state index contributed by atoms with van der Waals surface area (Å²) in [7, 11) is 0. The fourth-order valence-electron chi connectivity index (χ4n) is 2.82. The highest BCUT2D eigenvalue weighted by molar-refractivity contribution is 5.76. The van der Waals surface area contributed by atoms with Gasteiger partial charge in [-0.1, -0.05) is 6.42 Å². The van der Waals surface area contributed by atoms with Gasteiger partial charge in [-0.3, -0.25) is 9.69 Å². The predicted molar refractivity (Wildman–Crippen MR) is 54.5 cm³/mol. The van der Waals surface area contributed by atoms with E-state index in [1.807, 2.05) is 0 Å². The number of hydrogen-bond acceptors (Lipinski definition) is 2. The Bertz CT molecular complexity index is 308. The molecule has 2 fully saturated rings. The molecule has 0 bridgehead atoms. The van der Waals surface area contributed by atoms with Crippen LogP contribution < -0.4 is 0 Å². The van der Waals surface area contributed by atoms with Crippen molar-refractivity contribution in [2.75, 3.05) is 13.1 Å². The second-order valence-corrected chi connectivity index (χ2v) is 5.06. The molecule has 5 heteroatoms. The average molecular weight is 233 g/mol. The van der Waals surface area contributed by atoms with E-state index in [0.717, 1.165) is 12.8 Å². The number of hydrogen-bond donors (Lipinski definition) is 1. The highest BCUT2D eigenvalue weighted by atomic mass is 19.3. The van der Waals surface area contributed by atoms with Gasteiger partial charge >= 0.3 is 5.97 Å². The van der Waals surface area contributed by atoms with E-state index in [4.69, 9.17) is 5.11 Å². The molecule has 2 saturated heterocycles. The maximum atomic E-state index is 14.2. The number of rotatable bonds is 1. The van der Waals surface area contributed by atoms with Gasteiger partial charge in [-0.2, -0.15) is 0 Å². The summed E-state index contributed by atoms with van der Waals surface area (Å²) < 4.78 is 28.4. The lowest BCUT2D eigenvalue weighted by molar-refractivity contribution is -0.217. The van der Waals surface area contributed by atoms with Crippen molar-refractivity contribution in [3.8, 4) is 0 Å². The van der Waals surface area contributed by atoms with E-state index in [1.165, 1.54) is 6.92 Å². The summed E-state index contributed by atoms with van der Waals surface area (Å²) in [4.78, 5) is 12.8. The van der Waals surface area contributed by atoms with Gasteiger partial charge in [-0.25, -0.2) is 8.78 Å². The van der Waals surface area contributed by atoms with Crippen LogP contribution >= 0.6 is 0 Å². The maximum Gasteiger partial charge on any atom is 0.315 e. The number of carboxylic acid groups (broad SMARTS) is 1. The first-order chi connectivity index (χ1) is 7.39. The van der Waals surface area contributed by atoms with Gasteiger partial charge in [0, 0.05) is 0 Å². The van der Waals surface area contributed by atoms with Crippen LogP contribution in [-0.2, 0) is 4.79 Å². The minimum absolute atomic E-state index is 0.0336. The fourth-order valence-corrected chi connectivity index (χ4v) is 2.82. The molecular weight excluding hydrogens is 216 g/mol. The Morgan fingerprint density at radius 2 is 2.06 bits per heavy atom. The van der Waals surface area contributed by atoms with E-state index in [2.05, 4.69) is 0 Å². The minimum Gasteiger partial charge on any atom is -0.481 e. The maximum absolute atomic E-state index is 14.2. The van der Waals surface area contributed by atoms with Crippen molar-refractivity contribution in [2.45, 2.75) is 44.6 Å². The lowest BCUT2D eigenvalue weighted by Crippen LogP contribution is -2.64. The molecule has 2 atom stereocenters. The van der Waals surface area contributed by atoms with Crippen LogP contribution in [0.15, 0.2) is 0 Å². The largest absolute Gasteiger partial charge is 0.481 e. The number of halogens is 2. The molecule has 2 unspecified atom stereocenters. The van der Waals surface area contributed by atoms with Gasteiger partial charge in [0.15, 0.2) is 0 Å². The summed E-state index contributed by atoms with van der Waals surface area (Å²) in [5.41, 5.74) is -1.90. The molecule has 1 N–H and O–H groups in total. The lowest BCUT2D eigenvalue weighted by Gasteiger charge is -2.50. The SMILES string of the molecule is CC1(C(=O)O)CCN2CCCCC2C1(F)F. The van der Waals surface area contributed by atoms with E-state index in [1.54, 1.807) is 4.90 Å². The monoisotopic (exact) mass is 233 g/mol. The number of nitrogens with zero attached hydrogens (tertiary/aromatic N) is 1. The lowest BCUT2D eigenvalue weighted by atomic mass is 9.71. The summed E-state index contributed by atoms with van der Waals surface area (Å²) in [6.45, 7) is 2.33. The molecule has 2 aliphatic rings. The first kappa shape index (κ1) is 11.8. The van der Waals surface area contributed by atoms with E-state index < -0.39 is 23.3 Å². The molecule has 92 valence electrons. The van der Waals surface area contributed by atoms with Crippen molar-refractivity contribution in [1.82, 2.24) is 4.90 Å². The van der Waals surface area contributed by atoms with E-state index in [9.17, 15) is 13.6 Å². The van der Waals surface area contributed by atoms with E-state index in [-0.39, 0.29) is 6.42 Å². The normalized spacial score (nSPS) is 39.1. The third-order valence-corrected chi connectivity index (χ3v) is 4.14. The zero-order valence-corrected chi connectivity index (χ0v) is 9.38. The Morgan fingerprint density at radius 3 is 2.69 bits per heavy atom. The van der Waals surface area contributed by atoms with Gasteiger partial charge in [0.05, 0.1) is 6.04 Å². The Hall–Kier alpha value is -0.710. The topological polar surface area (TPSA) is 40.5 Å². The van der Waals surface area contributed by atoms with Crippen molar-refractivity contribution < 1.29 is 18.7 Å². The van der Waals surface area contributed by atoms with Gasteiger partial charge in [0.2, 0.25) is 0 Å². The first-order valence-corrected chi connectivity index (χ1v) is 5.75. The number of aliphatic carboxylic acids is 1. The van der Waals surface area contributed by atoms with Crippen LogP contribution in [0.2, 0.25) is 0 Å². The molecule has 16 heavy (non-hydrogen) atoms. The zero-order chi connectivity index (χ0) is 12.0. The molecule has 3 nitrogen and oxygen atoms in total. The second kappa shape index (κ2) is 3.65. The molecule has 0 aliphatic carbocycles. The Balaban J connectivity index is 2.31. The summed E-state index contributed by atoms with van der Waals surface area (Å²) in [6, 6.07) is -0.879. The van der Waals surface area contributed by atoms with Gasteiger partial charge in [0.1, 0.15) is 5.41 Å².